The molecule has 0 saturated carbocycles. The van der Waals surface area contributed by atoms with Crippen LogP contribution in [0.2, 0.25) is 0 Å². The maximum Gasteiger partial charge on any atom is 0.194 e. The van der Waals surface area contributed by atoms with Crippen LogP contribution in [0.25, 0.3) is 21.2 Å². The Labute approximate surface area is 90.7 Å². The van der Waals surface area contributed by atoms with Gasteiger partial charge in [-0.1, -0.05) is 19.0 Å². The third-order valence-corrected chi connectivity index (χ3v) is 3.31. The molecule has 15 heavy (non-hydrogen) atoms. The van der Waals surface area contributed by atoms with E-state index in [2.05, 4.69) is 36.1 Å². The van der Waals surface area contributed by atoms with Crippen molar-refractivity contribution in [2.24, 2.45) is 0 Å². The van der Waals surface area contributed by atoms with Gasteiger partial charge in [-0.15, -0.1) is 11.3 Å². The van der Waals surface area contributed by atoms with Gasteiger partial charge in [0.15, 0.2) is 5.58 Å². The summed E-state index contributed by atoms with van der Waals surface area (Å²) >= 11 is 1.62. The molecule has 3 aromatic rings. The molecule has 0 aliphatic carbocycles. The van der Waals surface area contributed by atoms with E-state index in [4.69, 9.17) is 4.52 Å². The highest BCUT2D eigenvalue weighted by molar-refractivity contribution is 7.16. The zero-order valence-electron chi connectivity index (χ0n) is 8.52. The molecule has 0 fully saturated rings. The molecule has 2 heterocycles. The molecule has 3 nitrogen and oxygen atoms in total. The molecule has 0 aliphatic rings. The number of rotatable bonds is 1. The highest BCUT2D eigenvalue weighted by atomic mass is 32.1. The summed E-state index contributed by atoms with van der Waals surface area (Å²) in [6.07, 6.45) is 0. The van der Waals surface area contributed by atoms with E-state index >= 15 is 0 Å². The first-order valence-electron chi connectivity index (χ1n) is 4.89. The van der Waals surface area contributed by atoms with Gasteiger partial charge >= 0.3 is 0 Å². The van der Waals surface area contributed by atoms with Gasteiger partial charge < -0.3 is 4.52 Å². The summed E-state index contributed by atoms with van der Waals surface area (Å²) in [7, 11) is 0. The zero-order chi connectivity index (χ0) is 10.4. The first-order valence-corrected chi connectivity index (χ1v) is 5.77. The van der Waals surface area contributed by atoms with Crippen molar-refractivity contribution in [1.29, 1.82) is 0 Å². The molecule has 0 spiro atoms. The van der Waals surface area contributed by atoms with E-state index < -0.39 is 0 Å². The monoisotopic (exact) mass is 218 g/mol. The van der Waals surface area contributed by atoms with Gasteiger partial charge in [0.2, 0.25) is 0 Å². The zero-order valence-corrected chi connectivity index (χ0v) is 9.34. The van der Waals surface area contributed by atoms with Crippen molar-refractivity contribution in [3.8, 4) is 0 Å². The summed E-state index contributed by atoms with van der Waals surface area (Å²) in [5.41, 5.74) is 4.59. The fourth-order valence-corrected chi connectivity index (χ4v) is 2.44. The molecule has 1 aromatic carbocycles. The van der Waals surface area contributed by atoms with Crippen molar-refractivity contribution in [3.63, 3.8) is 0 Å². The number of hydrogen-bond donors (Lipinski definition) is 0. The molecule has 0 unspecified atom stereocenters. The van der Waals surface area contributed by atoms with Gasteiger partial charge in [0.1, 0.15) is 5.52 Å². The molecule has 0 atom stereocenters. The number of aromatic nitrogens is 2. The van der Waals surface area contributed by atoms with Crippen molar-refractivity contribution in [2.45, 2.75) is 19.8 Å². The van der Waals surface area contributed by atoms with E-state index in [1.807, 2.05) is 5.51 Å². The van der Waals surface area contributed by atoms with Crippen LogP contribution >= 0.6 is 11.3 Å². The molecule has 0 aliphatic heterocycles. The molecule has 3 rings (SSSR count). The molecule has 0 radical (unpaired) electrons. The molecule has 0 saturated heterocycles. The highest BCUT2D eigenvalue weighted by Crippen LogP contribution is 2.31. The van der Waals surface area contributed by atoms with Gasteiger partial charge in [-0.3, -0.25) is 0 Å². The molecule has 0 bridgehead atoms. The number of fused-ring (bicyclic) bond motifs is 3. The first kappa shape index (κ1) is 8.85. The van der Waals surface area contributed by atoms with Crippen LogP contribution in [-0.2, 0) is 0 Å². The van der Waals surface area contributed by atoms with E-state index in [0.717, 1.165) is 26.9 Å². The molecule has 0 N–H and O–H groups in total. The van der Waals surface area contributed by atoms with E-state index in [1.54, 1.807) is 11.3 Å². The van der Waals surface area contributed by atoms with Crippen molar-refractivity contribution in [3.05, 3.63) is 23.3 Å². The average Bonchev–Trinajstić information content (AvgIpc) is 2.82. The second kappa shape index (κ2) is 3.03. The molecule has 4 heteroatoms. The lowest BCUT2D eigenvalue weighted by Crippen LogP contribution is -1.86. The lowest BCUT2D eigenvalue weighted by atomic mass is 10.1. The second-order valence-corrected chi connectivity index (χ2v) is 4.75. The number of benzene rings is 1. The predicted octanol–water partition coefficient (Wildman–Crippen LogP) is 3.56. The Bertz CT molecular complexity index is 624. The van der Waals surface area contributed by atoms with Crippen molar-refractivity contribution >= 4 is 32.5 Å². The normalized spacial score (nSPS) is 11.9. The number of thiazole rings is 1. The Morgan fingerprint density at radius 2 is 2.20 bits per heavy atom. The molecular weight excluding hydrogens is 208 g/mol. The summed E-state index contributed by atoms with van der Waals surface area (Å²) in [5, 5.41) is 5.20. The summed E-state index contributed by atoms with van der Waals surface area (Å²) in [5.74, 6) is 0.377. The average molecular weight is 218 g/mol. The quantitative estimate of drug-likeness (QED) is 0.626. The van der Waals surface area contributed by atoms with Crippen LogP contribution in [0.3, 0.4) is 0 Å². The number of nitrogens with zero attached hydrogens (tertiary/aromatic N) is 2. The van der Waals surface area contributed by atoms with Gasteiger partial charge in [-0.2, -0.15) is 0 Å². The van der Waals surface area contributed by atoms with Gasteiger partial charge in [-0.25, -0.2) is 4.98 Å². The van der Waals surface area contributed by atoms with Crippen LogP contribution in [0.4, 0.5) is 0 Å². The second-order valence-electron chi connectivity index (χ2n) is 3.86. The summed E-state index contributed by atoms with van der Waals surface area (Å²) in [4.78, 5) is 4.30. The predicted molar refractivity (Wildman–Crippen MR) is 61.3 cm³/mol. The minimum atomic E-state index is 0.377. The summed E-state index contributed by atoms with van der Waals surface area (Å²) in [6.45, 7) is 4.23. The minimum Gasteiger partial charge on any atom is -0.354 e. The van der Waals surface area contributed by atoms with Crippen molar-refractivity contribution < 1.29 is 4.52 Å². The highest BCUT2D eigenvalue weighted by Gasteiger charge is 2.14. The maximum absolute atomic E-state index is 5.38. The summed E-state index contributed by atoms with van der Waals surface area (Å²) < 4.78 is 6.52. The first-order chi connectivity index (χ1) is 7.27. The Hall–Kier alpha value is -1.42. The third-order valence-electron chi connectivity index (χ3n) is 2.51. The largest absolute Gasteiger partial charge is 0.354 e. The van der Waals surface area contributed by atoms with E-state index in [9.17, 15) is 0 Å². The lowest BCUT2D eigenvalue weighted by molar-refractivity contribution is 0.443. The van der Waals surface area contributed by atoms with Crippen molar-refractivity contribution in [2.75, 3.05) is 0 Å². The van der Waals surface area contributed by atoms with Gasteiger partial charge in [-0.05, 0) is 18.1 Å². The van der Waals surface area contributed by atoms with Crippen molar-refractivity contribution in [1.82, 2.24) is 10.1 Å². The smallest absolute Gasteiger partial charge is 0.194 e. The minimum absolute atomic E-state index is 0.377. The standard InChI is InChI=1S/C11H10N2OS/c1-6(2)9-7-3-4-8-10(12-5-15-8)11(7)14-13-9/h3-6H,1-2H3. The van der Waals surface area contributed by atoms with Crippen LogP contribution < -0.4 is 0 Å². The fourth-order valence-electron chi connectivity index (χ4n) is 1.76. The topological polar surface area (TPSA) is 38.9 Å². The van der Waals surface area contributed by atoms with E-state index in [1.165, 1.54) is 0 Å². The third kappa shape index (κ3) is 1.18. The van der Waals surface area contributed by atoms with Gasteiger partial charge in [0, 0.05) is 5.39 Å². The van der Waals surface area contributed by atoms with E-state index in [0.29, 0.717) is 5.92 Å². The Balaban J connectivity index is 2.46. The maximum atomic E-state index is 5.38. The Morgan fingerprint density at radius 3 is 3.00 bits per heavy atom. The fraction of sp³-hybridized carbons (Fsp3) is 0.273. The molecular formula is C11H10N2OS. The van der Waals surface area contributed by atoms with Gasteiger partial charge in [0.25, 0.3) is 0 Å². The molecule has 0 amide bonds. The molecule has 76 valence electrons. The van der Waals surface area contributed by atoms with E-state index in [-0.39, 0.29) is 0 Å². The van der Waals surface area contributed by atoms with Crippen LogP contribution in [0.1, 0.15) is 25.5 Å². The van der Waals surface area contributed by atoms with Crippen LogP contribution in [0.5, 0.6) is 0 Å². The van der Waals surface area contributed by atoms with Crippen LogP contribution in [0, 0.1) is 0 Å². The Morgan fingerprint density at radius 1 is 1.33 bits per heavy atom. The van der Waals surface area contributed by atoms with Gasteiger partial charge in [0.05, 0.1) is 15.9 Å². The molecule has 2 aromatic heterocycles. The summed E-state index contributed by atoms with van der Waals surface area (Å²) in [6, 6.07) is 4.15. The van der Waals surface area contributed by atoms with Crippen LogP contribution in [-0.4, -0.2) is 10.1 Å². The Kier molecular flexibility index (Phi) is 1.79. The SMILES string of the molecule is CC(C)c1noc2c1ccc1scnc12. The number of hydrogen-bond acceptors (Lipinski definition) is 4. The van der Waals surface area contributed by atoms with Crippen LogP contribution in [0.15, 0.2) is 22.2 Å². The lowest BCUT2D eigenvalue weighted by Gasteiger charge is -1.97.